The summed E-state index contributed by atoms with van der Waals surface area (Å²) in [7, 11) is 0. The van der Waals surface area contributed by atoms with Gasteiger partial charge in [-0.1, -0.05) is 26.0 Å². The van der Waals surface area contributed by atoms with Gasteiger partial charge in [0.05, 0.1) is 13.2 Å². The van der Waals surface area contributed by atoms with Crippen LogP contribution in [0.2, 0.25) is 0 Å². The van der Waals surface area contributed by atoms with Gasteiger partial charge in [0, 0.05) is 6.54 Å². The largest absolute Gasteiger partial charge is 0.494 e. The van der Waals surface area contributed by atoms with Crippen LogP contribution >= 0.6 is 0 Å². The van der Waals surface area contributed by atoms with Crippen LogP contribution in [0.1, 0.15) is 31.9 Å². The summed E-state index contributed by atoms with van der Waals surface area (Å²) in [6, 6.07) is 6.38. The number of aliphatic carboxylic acids is 1. The lowest BCUT2D eigenvalue weighted by Crippen LogP contribution is -2.36. The lowest BCUT2D eigenvalue weighted by Gasteiger charge is -2.27. The molecule has 0 aromatic heterocycles. The number of rotatable bonds is 9. The van der Waals surface area contributed by atoms with Crippen LogP contribution in [-0.2, 0) is 4.79 Å². The lowest BCUT2D eigenvalue weighted by atomic mass is 10.0. The summed E-state index contributed by atoms with van der Waals surface area (Å²) in [5.41, 5.74) is 0.668. The predicted molar refractivity (Wildman–Crippen MR) is 76.9 cm³/mol. The molecule has 2 N–H and O–H groups in total. The molecule has 1 rings (SSSR count). The monoisotopic (exact) mass is 281 g/mol. The van der Waals surface area contributed by atoms with Crippen molar-refractivity contribution in [3.8, 4) is 5.75 Å². The Kier molecular flexibility index (Phi) is 7.04. The fourth-order valence-electron chi connectivity index (χ4n) is 2.10. The van der Waals surface area contributed by atoms with E-state index in [1.165, 1.54) is 0 Å². The van der Waals surface area contributed by atoms with E-state index in [0.717, 1.165) is 6.42 Å². The van der Waals surface area contributed by atoms with Gasteiger partial charge in [0.15, 0.2) is 0 Å². The molecule has 0 aliphatic rings. The van der Waals surface area contributed by atoms with Crippen LogP contribution in [0.15, 0.2) is 24.3 Å². The molecule has 0 saturated heterocycles. The number of carboxylic acid groups (broad SMARTS) is 1. The molecule has 20 heavy (non-hydrogen) atoms. The van der Waals surface area contributed by atoms with Crippen LogP contribution in [0.4, 0.5) is 0 Å². The maximum atomic E-state index is 11.5. The van der Waals surface area contributed by atoms with E-state index in [2.05, 4.69) is 0 Å². The van der Waals surface area contributed by atoms with Gasteiger partial charge in [-0.3, -0.25) is 9.69 Å². The number of aliphatic hydroxyl groups excluding tert-OH is 1. The Labute approximate surface area is 119 Å². The number of ether oxygens (including phenoxy) is 1. The topological polar surface area (TPSA) is 70.0 Å². The highest BCUT2D eigenvalue weighted by Gasteiger charge is 2.26. The minimum absolute atomic E-state index is 0.0658. The molecule has 1 atom stereocenters. The molecule has 1 unspecified atom stereocenters. The van der Waals surface area contributed by atoms with Crippen molar-refractivity contribution in [1.29, 1.82) is 0 Å². The summed E-state index contributed by atoms with van der Waals surface area (Å²) in [5.74, 6) is -0.247. The third-order valence-corrected chi connectivity index (χ3v) is 3.04. The van der Waals surface area contributed by atoms with Crippen molar-refractivity contribution >= 4 is 5.97 Å². The van der Waals surface area contributed by atoms with Gasteiger partial charge in [0.25, 0.3) is 0 Å². The summed E-state index contributed by atoms with van der Waals surface area (Å²) in [4.78, 5) is 13.3. The maximum Gasteiger partial charge on any atom is 0.325 e. The SMILES string of the molecule is CCCOc1cccc(C(C(=O)O)N(CC)CCO)c1. The smallest absolute Gasteiger partial charge is 0.325 e. The van der Waals surface area contributed by atoms with Crippen molar-refractivity contribution in [2.75, 3.05) is 26.3 Å². The van der Waals surface area contributed by atoms with Crippen LogP contribution in [0, 0.1) is 0 Å². The first kappa shape index (κ1) is 16.5. The predicted octanol–water partition coefficient (Wildman–Crippen LogP) is 1.92. The Morgan fingerprint density at radius 2 is 2.15 bits per heavy atom. The fraction of sp³-hybridized carbons (Fsp3) is 0.533. The van der Waals surface area contributed by atoms with Crippen LogP contribution in [-0.4, -0.2) is 47.4 Å². The second-order valence-corrected chi connectivity index (χ2v) is 4.51. The van der Waals surface area contributed by atoms with Gasteiger partial charge in [-0.05, 0) is 30.7 Å². The Morgan fingerprint density at radius 3 is 2.70 bits per heavy atom. The third kappa shape index (κ3) is 4.51. The number of benzene rings is 1. The third-order valence-electron chi connectivity index (χ3n) is 3.04. The second kappa shape index (κ2) is 8.55. The molecule has 0 aliphatic carbocycles. The number of hydrogen-bond acceptors (Lipinski definition) is 4. The van der Waals surface area contributed by atoms with E-state index in [-0.39, 0.29) is 6.61 Å². The number of likely N-dealkylation sites (N-methyl/N-ethyl adjacent to an activating group) is 1. The first-order valence-electron chi connectivity index (χ1n) is 6.94. The molecule has 5 heteroatoms. The zero-order valence-electron chi connectivity index (χ0n) is 12.1. The second-order valence-electron chi connectivity index (χ2n) is 4.51. The molecule has 0 heterocycles. The molecule has 0 amide bonds. The molecule has 0 radical (unpaired) electrons. The van der Waals surface area contributed by atoms with Crippen molar-refractivity contribution in [2.24, 2.45) is 0 Å². The molecule has 0 saturated carbocycles. The zero-order chi connectivity index (χ0) is 15.0. The molecule has 5 nitrogen and oxygen atoms in total. The normalized spacial score (nSPS) is 12.4. The Bertz CT molecular complexity index is 422. The number of carbonyl (C=O) groups is 1. The lowest BCUT2D eigenvalue weighted by molar-refractivity contribution is -0.143. The van der Waals surface area contributed by atoms with Crippen LogP contribution in [0.25, 0.3) is 0 Å². The average molecular weight is 281 g/mol. The van der Waals surface area contributed by atoms with Crippen molar-refractivity contribution < 1.29 is 19.7 Å². The molecule has 0 spiro atoms. The minimum atomic E-state index is -0.923. The van der Waals surface area contributed by atoms with Gasteiger partial charge < -0.3 is 14.9 Å². The van der Waals surface area contributed by atoms with E-state index in [9.17, 15) is 9.90 Å². The summed E-state index contributed by atoms with van der Waals surface area (Å²) in [5, 5.41) is 18.5. The van der Waals surface area contributed by atoms with Crippen molar-refractivity contribution in [1.82, 2.24) is 4.90 Å². The average Bonchev–Trinajstić information content (AvgIpc) is 2.44. The van der Waals surface area contributed by atoms with E-state index < -0.39 is 12.0 Å². The Morgan fingerprint density at radius 1 is 1.40 bits per heavy atom. The number of carboxylic acids is 1. The number of aliphatic hydroxyl groups is 1. The van der Waals surface area contributed by atoms with E-state index in [1.54, 1.807) is 23.1 Å². The van der Waals surface area contributed by atoms with Gasteiger partial charge >= 0.3 is 5.97 Å². The summed E-state index contributed by atoms with van der Waals surface area (Å²) >= 11 is 0. The summed E-state index contributed by atoms with van der Waals surface area (Å²) in [6.45, 7) is 5.32. The van der Waals surface area contributed by atoms with Crippen LogP contribution in [0.3, 0.4) is 0 Å². The molecule has 112 valence electrons. The fourth-order valence-corrected chi connectivity index (χ4v) is 2.10. The number of hydrogen-bond donors (Lipinski definition) is 2. The molecule has 0 fully saturated rings. The summed E-state index contributed by atoms with van der Waals surface area (Å²) < 4.78 is 5.54. The van der Waals surface area contributed by atoms with Crippen molar-refractivity contribution in [3.05, 3.63) is 29.8 Å². The van der Waals surface area contributed by atoms with Gasteiger partial charge in [0.1, 0.15) is 11.8 Å². The van der Waals surface area contributed by atoms with E-state index >= 15 is 0 Å². The highest BCUT2D eigenvalue weighted by Crippen LogP contribution is 2.24. The van der Waals surface area contributed by atoms with Gasteiger partial charge in [-0.15, -0.1) is 0 Å². The molecular weight excluding hydrogens is 258 g/mol. The van der Waals surface area contributed by atoms with Gasteiger partial charge in [-0.2, -0.15) is 0 Å². The standard InChI is InChI=1S/C15H23NO4/c1-3-10-20-13-7-5-6-12(11-13)14(15(18)19)16(4-2)8-9-17/h5-7,11,14,17H,3-4,8-10H2,1-2H3,(H,18,19). The van der Waals surface area contributed by atoms with Crippen molar-refractivity contribution in [3.63, 3.8) is 0 Å². The molecular formula is C15H23NO4. The quantitative estimate of drug-likeness (QED) is 0.723. The summed E-state index contributed by atoms with van der Waals surface area (Å²) in [6.07, 6.45) is 0.901. The first-order chi connectivity index (χ1) is 9.63. The van der Waals surface area contributed by atoms with Crippen LogP contribution < -0.4 is 4.74 Å². The van der Waals surface area contributed by atoms with Gasteiger partial charge in [0.2, 0.25) is 0 Å². The molecule has 0 bridgehead atoms. The number of nitrogens with zero attached hydrogens (tertiary/aromatic N) is 1. The van der Waals surface area contributed by atoms with Crippen LogP contribution in [0.5, 0.6) is 5.75 Å². The zero-order valence-corrected chi connectivity index (χ0v) is 12.1. The first-order valence-corrected chi connectivity index (χ1v) is 6.94. The van der Waals surface area contributed by atoms with E-state index in [0.29, 0.717) is 31.0 Å². The highest BCUT2D eigenvalue weighted by atomic mass is 16.5. The minimum Gasteiger partial charge on any atom is -0.494 e. The Balaban J connectivity index is 2.98. The van der Waals surface area contributed by atoms with Crippen molar-refractivity contribution in [2.45, 2.75) is 26.3 Å². The maximum absolute atomic E-state index is 11.5. The highest BCUT2D eigenvalue weighted by molar-refractivity contribution is 5.75. The molecule has 1 aromatic carbocycles. The molecule has 0 aliphatic heterocycles. The Hall–Kier alpha value is -1.59. The van der Waals surface area contributed by atoms with E-state index in [4.69, 9.17) is 9.84 Å². The molecule has 1 aromatic rings. The van der Waals surface area contributed by atoms with E-state index in [1.807, 2.05) is 19.9 Å². The van der Waals surface area contributed by atoms with Gasteiger partial charge in [-0.25, -0.2) is 0 Å².